The Kier molecular flexibility index (Phi) is 3.24. The minimum absolute atomic E-state index is 0.00343. The van der Waals surface area contributed by atoms with Crippen molar-refractivity contribution in [3.8, 4) is 0 Å². The number of nitrogens with zero attached hydrogens (tertiary/aromatic N) is 4. The van der Waals surface area contributed by atoms with Gasteiger partial charge in [-0.25, -0.2) is 9.37 Å². The van der Waals surface area contributed by atoms with E-state index in [2.05, 4.69) is 26.0 Å². The lowest BCUT2D eigenvalue weighted by Crippen LogP contribution is -2.27. The molecule has 0 aromatic carbocycles. The second-order valence-corrected chi connectivity index (χ2v) is 6.12. The molecular formula is C17H18FN7O2. The number of aromatic nitrogens is 4. The van der Waals surface area contributed by atoms with Crippen molar-refractivity contribution in [3.63, 3.8) is 0 Å². The molecule has 1 saturated carbocycles. The second kappa shape index (κ2) is 6.38. The number of hydrogen-bond donors (Lipinski definition) is 3. The predicted octanol–water partition coefficient (Wildman–Crippen LogP) is 1.05. The molecule has 0 aliphatic heterocycles. The summed E-state index contributed by atoms with van der Waals surface area (Å²) in [6.07, 6.45) is 1.72. The molecule has 0 unspecified atom stereocenters. The average molecular weight is 374 g/mol. The summed E-state index contributed by atoms with van der Waals surface area (Å²) in [5, 5.41) is 12.4. The number of pyridine rings is 1. The third-order valence-electron chi connectivity index (χ3n) is 4.21. The van der Waals surface area contributed by atoms with E-state index in [9.17, 15) is 14.0 Å². The molecule has 10 heteroatoms. The van der Waals surface area contributed by atoms with Gasteiger partial charge in [0.05, 0.1) is 12.2 Å². The molecule has 3 aromatic rings. The quantitative estimate of drug-likeness (QED) is 0.617. The van der Waals surface area contributed by atoms with Gasteiger partial charge in [-0.2, -0.15) is 9.61 Å². The second-order valence-electron chi connectivity index (χ2n) is 6.12. The highest BCUT2D eigenvalue weighted by Gasteiger charge is 2.39. The van der Waals surface area contributed by atoms with E-state index in [1.54, 1.807) is 13.1 Å². The molecule has 0 radical (unpaired) electrons. The molecule has 4 rings (SSSR count). The highest BCUT2D eigenvalue weighted by molar-refractivity contribution is 6.00. The lowest BCUT2D eigenvalue weighted by atomic mass is 10.3. The maximum atomic E-state index is 13.1. The van der Waals surface area contributed by atoms with Crippen LogP contribution in [0.5, 0.6) is 0 Å². The fourth-order valence-corrected chi connectivity index (χ4v) is 2.65. The minimum atomic E-state index is -2.63. The van der Waals surface area contributed by atoms with Crippen molar-refractivity contribution in [2.75, 3.05) is 17.7 Å². The number of hydrogen-bond acceptors (Lipinski definition) is 6. The van der Waals surface area contributed by atoms with Crippen LogP contribution < -0.4 is 21.5 Å². The van der Waals surface area contributed by atoms with E-state index in [0.717, 1.165) is 0 Å². The Bertz CT molecular complexity index is 1190. The molecule has 9 nitrogen and oxygen atoms in total. The maximum absolute atomic E-state index is 13.1. The lowest BCUT2D eigenvalue weighted by molar-refractivity contribution is 0.0949. The Morgan fingerprint density at radius 1 is 1.48 bits per heavy atom. The highest BCUT2D eigenvalue weighted by atomic mass is 19.1. The van der Waals surface area contributed by atoms with Crippen LogP contribution in [0.3, 0.4) is 0 Å². The van der Waals surface area contributed by atoms with Crippen LogP contribution >= 0.6 is 0 Å². The molecule has 0 spiro atoms. The van der Waals surface area contributed by atoms with E-state index in [1.807, 2.05) is 0 Å². The number of anilines is 3. The Balaban J connectivity index is 1.72. The summed E-state index contributed by atoms with van der Waals surface area (Å²) in [4.78, 5) is 29.3. The first-order valence-corrected chi connectivity index (χ1v) is 8.19. The number of halogens is 1. The number of aryl methyl sites for hydroxylation is 1. The van der Waals surface area contributed by atoms with Crippen molar-refractivity contribution in [2.24, 2.45) is 6.98 Å². The Morgan fingerprint density at radius 3 is 3.00 bits per heavy atom. The van der Waals surface area contributed by atoms with E-state index in [-0.39, 0.29) is 29.1 Å². The molecule has 140 valence electrons. The standard InChI is InChI=1S/C17H18FN7O2/c1-19-14-7-13(21-11-4-3-5-24(2)17(11)27)23-15-9(8-20-25(14)15)16(26)22-12-6-10(12)18/h3-5,7-8,10,12,19H,6H2,1-2H3,(H,21,23)(H,22,26)/t10-,12+/m1/s1/i2D3. The third-order valence-corrected chi connectivity index (χ3v) is 4.21. The van der Waals surface area contributed by atoms with E-state index in [0.29, 0.717) is 10.4 Å². The number of nitrogens with one attached hydrogen (secondary N) is 3. The first-order valence-electron chi connectivity index (χ1n) is 9.69. The summed E-state index contributed by atoms with van der Waals surface area (Å²) in [6, 6.07) is 3.88. The maximum Gasteiger partial charge on any atom is 0.274 e. The van der Waals surface area contributed by atoms with Gasteiger partial charge in [0.15, 0.2) is 5.65 Å². The largest absolute Gasteiger partial charge is 0.373 e. The monoisotopic (exact) mass is 374 g/mol. The SMILES string of the molecule is [2H]C([2H])([2H])n1cccc(Nc2cc(NC)n3ncc(C(=O)N[C@H]4C[C@H]4F)c3n2)c1=O. The van der Waals surface area contributed by atoms with Crippen molar-refractivity contribution in [1.82, 2.24) is 24.5 Å². The Hall–Kier alpha value is -3.43. The zero-order valence-electron chi connectivity index (χ0n) is 17.2. The molecule has 3 aromatic heterocycles. The van der Waals surface area contributed by atoms with Gasteiger partial charge in [-0.15, -0.1) is 0 Å². The van der Waals surface area contributed by atoms with E-state index in [4.69, 9.17) is 4.11 Å². The van der Waals surface area contributed by atoms with Gasteiger partial charge in [0.1, 0.15) is 29.1 Å². The molecule has 0 saturated heterocycles. The van der Waals surface area contributed by atoms with Gasteiger partial charge in [-0.1, -0.05) is 0 Å². The summed E-state index contributed by atoms with van der Waals surface area (Å²) in [5.74, 6) is 0.145. The van der Waals surface area contributed by atoms with Crippen LogP contribution in [-0.4, -0.2) is 44.3 Å². The summed E-state index contributed by atoms with van der Waals surface area (Å²) >= 11 is 0. The highest BCUT2D eigenvalue weighted by Crippen LogP contribution is 2.26. The van der Waals surface area contributed by atoms with E-state index in [1.165, 1.54) is 29.0 Å². The van der Waals surface area contributed by atoms with Crippen molar-refractivity contribution in [1.29, 1.82) is 0 Å². The number of carbonyl (C=O) groups excluding carboxylic acids is 1. The summed E-state index contributed by atoms with van der Waals surface area (Å²) in [5.41, 5.74) is -0.428. The van der Waals surface area contributed by atoms with Gasteiger partial charge in [0.25, 0.3) is 11.5 Å². The molecule has 1 amide bonds. The number of amides is 1. The van der Waals surface area contributed by atoms with Gasteiger partial charge in [-0.05, 0) is 12.1 Å². The summed E-state index contributed by atoms with van der Waals surface area (Å²) in [6.45, 7) is -2.63. The first kappa shape index (κ1) is 13.7. The number of fused-ring (bicyclic) bond motifs is 1. The van der Waals surface area contributed by atoms with Crippen molar-refractivity contribution in [3.05, 3.63) is 46.5 Å². The van der Waals surface area contributed by atoms with E-state index >= 15 is 0 Å². The minimum Gasteiger partial charge on any atom is -0.373 e. The lowest BCUT2D eigenvalue weighted by Gasteiger charge is -2.10. The Labute approximate surface area is 157 Å². The number of alkyl halides is 1. The smallest absolute Gasteiger partial charge is 0.274 e. The van der Waals surface area contributed by atoms with Gasteiger partial charge >= 0.3 is 0 Å². The summed E-state index contributed by atoms with van der Waals surface area (Å²) in [7, 11) is 1.64. The van der Waals surface area contributed by atoms with Crippen LogP contribution in [0, 0.1) is 0 Å². The normalized spacial score (nSPS) is 20.4. The molecule has 1 aliphatic rings. The third kappa shape index (κ3) is 3.09. The molecule has 3 heterocycles. The van der Waals surface area contributed by atoms with Crippen molar-refractivity contribution >= 4 is 28.9 Å². The van der Waals surface area contributed by atoms with Gasteiger partial charge in [-0.3, -0.25) is 9.59 Å². The van der Waals surface area contributed by atoms with Crippen LogP contribution in [-0.2, 0) is 6.98 Å². The molecule has 27 heavy (non-hydrogen) atoms. The summed E-state index contributed by atoms with van der Waals surface area (Å²) < 4.78 is 37.5. The van der Waals surface area contributed by atoms with Crippen LogP contribution in [0.15, 0.2) is 35.4 Å². The molecule has 1 fully saturated rings. The Morgan fingerprint density at radius 2 is 2.30 bits per heavy atom. The zero-order chi connectivity index (χ0) is 21.6. The van der Waals surface area contributed by atoms with Gasteiger partial charge in [0.2, 0.25) is 0 Å². The first-order chi connectivity index (χ1) is 14.2. The number of carbonyl (C=O) groups is 1. The molecule has 2 atom stereocenters. The predicted molar refractivity (Wildman–Crippen MR) is 98.3 cm³/mol. The van der Waals surface area contributed by atoms with Gasteiger partial charge < -0.3 is 20.5 Å². The topological polar surface area (TPSA) is 105 Å². The average Bonchev–Trinajstić information content (AvgIpc) is 3.20. The fraction of sp³-hybridized carbons (Fsp3) is 0.294. The van der Waals surface area contributed by atoms with Crippen LogP contribution in [0.2, 0.25) is 0 Å². The molecular weight excluding hydrogens is 353 g/mol. The molecule has 3 N–H and O–H groups in total. The van der Waals surface area contributed by atoms with Crippen LogP contribution in [0.1, 0.15) is 20.9 Å². The fourth-order valence-electron chi connectivity index (χ4n) is 2.65. The zero-order valence-corrected chi connectivity index (χ0v) is 14.2. The molecule has 0 bridgehead atoms. The molecule has 1 aliphatic carbocycles. The van der Waals surface area contributed by atoms with Crippen molar-refractivity contribution in [2.45, 2.75) is 18.6 Å². The van der Waals surface area contributed by atoms with E-state index < -0.39 is 30.7 Å². The number of rotatable bonds is 5. The van der Waals surface area contributed by atoms with Crippen LogP contribution in [0.4, 0.5) is 21.7 Å². The van der Waals surface area contributed by atoms with Crippen molar-refractivity contribution < 1.29 is 13.3 Å². The van der Waals surface area contributed by atoms with Crippen LogP contribution in [0.25, 0.3) is 5.65 Å². The van der Waals surface area contributed by atoms with Gasteiger partial charge in [0, 0.05) is 36.8 Å².